The van der Waals surface area contributed by atoms with Crippen LogP contribution in [0.15, 0.2) is 42.5 Å². The minimum absolute atomic E-state index is 0.293. The van der Waals surface area contributed by atoms with E-state index in [0.717, 1.165) is 22.5 Å². The van der Waals surface area contributed by atoms with Gasteiger partial charge in [0.1, 0.15) is 18.2 Å². The van der Waals surface area contributed by atoms with Crippen LogP contribution in [0.3, 0.4) is 0 Å². The van der Waals surface area contributed by atoms with Gasteiger partial charge in [-0.05, 0) is 54.8 Å². The molecule has 144 valence electrons. The average Bonchev–Trinajstić information content (AvgIpc) is 3.18. The van der Waals surface area contributed by atoms with Crippen molar-refractivity contribution in [1.29, 1.82) is 0 Å². The molecule has 1 atom stereocenters. The molecule has 0 saturated heterocycles. The number of Topliss-reactive ketones (excluding diaryl/α,β-unsaturated/α-hetero) is 1. The first-order valence-electron chi connectivity index (χ1n) is 9.08. The van der Waals surface area contributed by atoms with Crippen LogP contribution in [0.1, 0.15) is 22.4 Å². The van der Waals surface area contributed by atoms with Gasteiger partial charge in [-0.15, -0.1) is 0 Å². The molecule has 0 aliphatic heterocycles. The van der Waals surface area contributed by atoms with Crippen molar-refractivity contribution in [2.75, 3.05) is 6.61 Å². The van der Waals surface area contributed by atoms with Gasteiger partial charge in [-0.3, -0.25) is 9.48 Å². The molecule has 3 aromatic rings. The highest BCUT2D eigenvalue weighted by Crippen LogP contribution is 2.45. The quantitative estimate of drug-likeness (QED) is 0.754. The first-order valence-corrected chi connectivity index (χ1v) is 9.08. The molecule has 6 heteroatoms. The summed E-state index contributed by atoms with van der Waals surface area (Å²) >= 11 is 0. The fourth-order valence-electron chi connectivity index (χ4n) is 4.39. The maximum Gasteiger partial charge on any atom is 0.169 e. The number of halogens is 2. The lowest BCUT2D eigenvalue weighted by Gasteiger charge is -2.29. The highest BCUT2D eigenvalue weighted by molar-refractivity contribution is 5.93. The van der Waals surface area contributed by atoms with Crippen molar-refractivity contribution in [1.82, 2.24) is 9.78 Å². The van der Waals surface area contributed by atoms with E-state index in [2.05, 4.69) is 5.10 Å². The number of carbonyl (C=O) groups is 1. The summed E-state index contributed by atoms with van der Waals surface area (Å²) < 4.78 is 29.3. The highest BCUT2D eigenvalue weighted by Gasteiger charge is 2.48. The number of rotatable bonds is 4. The molecule has 0 saturated carbocycles. The third kappa shape index (κ3) is 2.67. The van der Waals surface area contributed by atoms with E-state index < -0.39 is 12.0 Å². The molecule has 0 fully saturated rings. The van der Waals surface area contributed by atoms with Gasteiger partial charge in [-0.25, -0.2) is 8.78 Å². The molecule has 0 amide bonds. The third-order valence-electron chi connectivity index (χ3n) is 5.75. The zero-order chi connectivity index (χ0) is 20.1. The van der Waals surface area contributed by atoms with Crippen molar-refractivity contribution in [3.05, 3.63) is 76.5 Å². The topological polar surface area (TPSA) is 55.1 Å². The molecule has 1 aromatic heterocycles. The minimum atomic E-state index is -1.05. The number of nitrogens with zero attached hydrogens (tertiary/aromatic N) is 2. The van der Waals surface area contributed by atoms with E-state index in [9.17, 15) is 18.7 Å². The van der Waals surface area contributed by atoms with Crippen LogP contribution in [0.25, 0.3) is 11.3 Å². The summed E-state index contributed by atoms with van der Waals surface area (Å²) in [6.07, 6.45) is 0.605. The molecule has 1 aliphatic rings. The Morgan fingerprint density at radius 3 is 2.57 bits per heavy atom. The standard InChI is InChI=1S/C22H20F2N2O2/c1-13-17(4-3-5-18(13)24)22(20(28)12-27)10-16-19(11-22)25-26(2)21(16)14-6-8-15(23)9-7-14/h3-9,27H,10-12H2,1-2H3/t22-/m1/s1. The molecule has 2 aromatic carbocycles. The predicted molar refractivity (Wildman–Crippen MR) is 101 cm³/mol. The molecule has 1 heterocycles. The van der Waals surface area contributed by atoms with Gasteiger partial charge in [0.15, 0.2) is 5.78 Å². The Balaban J connectivity index is 1.87. The van der Waals surface area contributed by atoms with Crippen LogP contribution in [0.5, 0.6) is 0 Å². The van der Waals surface area contributed by atoms with Crippen LogP contribution in [-0.4, -0.2) is 27.3 Å². The first-order chi connectivity index (χ1) is 13.4. The number of fused-ring (bicyclic) bond motifs is 1. The average molecular weight is 382 g/mol. The maximum atomic E-state index is 14.2. The van der Waals surface area contributed by atoms with Crippen molar-refractivity contribution < 1.29 is 18.7 Å². The molecular weight excluding hydrogens is 362 g/mol. The fourth-order valence-corrected chi connectivity index (χ4v) is 4.39. The Kier molecular flexibility index (Phi) is 4.38. The van der Waals surface area contributed by atoms with Gasteiger partial charge in [0.05, 0.1) is 16.8 Å². The van der Waals surface area contributed by atoms with Gasteiger partial charge in [0, 0.05) is 24.6 Å². The molecule has 4 rings (SSSR count). The lowest BCUT2D eigenvalue weighted by Crippen LogP contribution is -2.40. The largest absolute Gasteiger partial charge is 0.389 e. The molecular formula is C22H20F2N2O2. The van der Waals surface area contributed by atoms with E-state index >= 15 is 0 Å². The van der Waals surface area contributed by atoms with Crippen LogP contribution in [0, 0.1) is 18.6 Å². The highest BCUT2D eigenvalue weighted by atomic mass is 19.1. The summed E-state index contributed by atoms with van der Waals surface area (Å²) in [6.45, 7) is 1.02. The molecule has 4 nitrogen and oxygen atoms in total. The van der Waals surface area contributed by atoms with Crippen LogP contribution in [-0.2, 0) is 30.1 Å². The molecule has 0 unspecified atom stereocenters. The van der Waals surface area contributed by atoms with Gasteiger partial charge in [0.25, 0.3) is 0 Å². The zero-order valence-corrected chi connectivity index (χ0v) is 15.7. The molecule has 1 aliphatic carbocycles. The van der Waals surface area contributed by atoms with Crippen molar-refractivity contribution in [2.45, 2.75) is 25.2 Å². The Hall–Kier alpha value is -2.86. The second kappa shape index (κ2) is 6.63. The van der Waals surface area contributed by atoms with E-state index in [1.165, 1.54) is 18.2 Å². The van der Waals surface area contributed by atoms with E-state index in [1.54, 1.807) is 42.9 Å². The minimum Gasteiger partial charge on any atom is -0.389 e. The first kappa shape index (κ1) is 18.5. The summed E-state index contributed by atoms with van der Waals surface area (Å²) in [7, 11) is 1.81. The number of aliphatic hydroxyl groups is 1. The summed E-state index contributed by atoms with van der Waals surface area (Å²) in [4.78, 5) is 12.9. The van der Waals surface area contributed by atoms with Crippen LogP contribution >= 0.6 is 0 Å². The third-order valence-corrected chi connectivity index (χ3v) is 5.75. The van der Waals surface area contributed by atoms with E-state index in [4.69, 9.17) is 0 Å². The van der Waals surface area contributed by atoms with E-state index in [0.29, 0.717) is 24.0 Å². The Morgan fingerprint density at radius 2 is 1.89 bits per heavy atom. The summed E-state index contributed by atoms with van der Waals surface area (Å²) in [6, 6.07) is 10.8. The Morgan fingerprint density at radius 1 is 1.18 bits per heavy atom. The van der Waals surface area contributed by atoms with E-state index in [1.807, 2.05) is 0 Å². The second-order valence-electron chi connectivity index (χ2n) is 7.33. The van der Waals surface area contributed by atoms with Crippen LogP contribution < -0.4 is 0 Å². The maximum absolute atomic E-state index is 14.2. The monoisotopic (exact) mass is 382 g/mol. The number of ketones is 1. The SMILES string of the molecule is Cc1c(F)cccc1[C@]1(C(=O)CO)Cc2nn(C)c(-c3ccc(F)cc3)c2C1. The van der Waals surface area contributed by atoms with Gasteiger partial charge >= 0.3 is 0 Å². The number of hydrogen-bond donors (Lipinski definition) is 1. The summed E-state index contributed by atoms with van der Waals surface area (Å²) in [5.41, 5.74) is 3.14. The second-order valence-corrected chi connectivity index (χ2v) is 7.33. The molecule has 0 spiro atoms. The van der Waals surface area contributed by atoms with Gasteiger partial charge in [0.2, 0.25) is 0 Å². The normalized spacial score (nSPS) is 18.3. The van der Waals surface area contributed by atoms with Gasteiger partial charge in [-0.2, -0.15) is 5.10 Å². The number of carbonyl (C=O) groups excluding carboxylic acids is 1. The van der Waals surface area contributed by atoms with Crippen molar-refractivity contribution in [2.24, 2.45) is 7.05 Å². The zero-order valence-electron chi connectivity index (χ0n) is 15.7. The van der Waals surface area contributed by atoms with Crippen molar-refractivity contribution in [3.8, 4) is 11.3 Å². The number of aryl methyl sites for hydroxylation is 1. The Bertz CT molecular complexity index is 1070. The number of hydrogen-bond acceptors (Lipinski definition) is 3. The lowest BCUT2D eigenvalue weighted by molar-refractivity contribution is -0.127. The number of aromatic nitrogens is 2. The Labute approximate surface area is 161 Å². The number of aliphatic hydroxyl groups excluding tert-OH is 1. The number of benzene rings is 2. The van der Waals surface area contributed by atoms with Gasteiger partial charge < -0.3 is 5.11 Å². The molecule has 0 bridgehead atoms. The van der Waals surface area contributed by atoms with Crippen molar-refractivity contribution >= 4 is 5.78 Å². The fraction of sp³-hybridized carbons (Fsp3) is 0.273. The molecule has 0 radical (unpaired) electrons. The summed E-state index contributed by atoms with van der Waals surface area (Å²) in [5, 5.41) is 14.2. The molecule has 28 heavy (non-hydrogen) atoms. The predicted octanol–water partition coefficient (Wildman–Crippen LogP) is 3.27. The van der Waals surface area contributed by atoms with Crippen molar-refractivity contribution in [3.63, 3.8) is 0 Å². The van der Waals surface area contributed by atoms with Crippen LogP contribution in [0.4, 0.5) is 8.78 Å². The lowest BCUT2D eigenvalue weighted by atomic mass is 9.72. The van der Waals surface area contributed by atoms with Gasteiger partial charge in [-0.1, -0.05) is 12.1 Å². The van der Waals surface area contributed by atoms with E-state index in [-0.39, 0.29) is 17.4 Å². The van der Waals surface area contributed by atoms with Crippen LogP contribution in [0.2, 0.25) is 0 Å². The summed E-state index contributed by atoms with van der Waals surface area (Å²) in [5.74, 6) is -1.07. The smallest absolute Gasteiger partial charge is 0.169 e. The molecule has 1 N–H and O–H groups in total.